The van der Waals surface area contributed by atoms with E-state index in [2.05, 4.69) is 26.3 Å². The number of nitrogens with one attached hydrogen (secondary N) is 1. The van der Waals surface area contributed by atoms with E-state index in [4.69, 9.17) is 4.42 Å². The van der Waals surface area contributed by atoms with Gasteiger partial charge in [0.2, 0.25) is 0 Å². The molecule has 3 rings (SSSR count). The second-order valence-electron chi connectivity index (χ2n) is 8.50. The van der Waals surface area contributed by atoms with Crippen molar-refractivity contribution < 1.29 is 19.1 Å². The van der Waals surface area contributed by atoms with Gasteiger partial charge in [-0.1, -0.05) is 30.3 Å². The predicted molar refractivity (Wildman–Crippen MR) is 124 cm³/mol. The molecule has 170 valence electrons. The molecule has 2 N–H and O–H groups in total. The molecule has 1 unspecified atom stereocenters. The zero-order valence-electron chi connectivity index (χ0n) is 18.5. The first-order valence-corrected chi connectivity index (χ1v) is 11.0. The summed E-state index contributed by atoms with van der Waals surface area (Å²) in [6.45, 7) is 5.85. The highest BCUT2D eigenvalue weighted by atomic mass is 79.9. The van der Waals surface area contributed by atoms with E-state index in [0.29, 0.717) is 16.7 Å². The third-order valence-corrected chi connectivity index (χ3v) is 5.65. The molecule has 0 fully saturated rings. The molecular weight excluding hydrogens is 476 g/mol. The molecule has 0 bridgehead atoms. The number of halogens is 1. The van der Waals surface area contributed by atoms with Crippen molar-refractivity contribution in [3.63, 3.8) is 0 Å². The number of nitrogens with zero attached hydrogens (tertiary/aromatic N) is 3. The Morgan fingerprint density at radius 1 is 1.25 bits per heavy atom. The minimum absolute atomic E-state index is 0.0870. The van der Waals surface area contributed by atoms with Gasteiger partial charge in [-0.3, -0.25) is 9.48 Å². The third kappa shape index (κ3) is 5.40. The van der Waals surface area contributed by atoms with Gasteiger partial charge in [0, 0.05) is 31.4 Å². The Morgan fingerprint density at radius 3 is 2.50 bits per heavy atom. The Balaban J connectivity index is 1.98. The summed E-state index contributed by atoms with van der Waals surface area (Å²) in [6, 6.07) is 12.7. The van der Waals surface area contributed by atoms with Crippen molar-refractivity contribution in [1.29, 1.82) is 0 Å². The zero-order chi connectivity index (χ0) is 23.5. The topological polar surface area (TPSA) is 101 Å². The average Bonchev–Trinajstić information content (AvgIpc) is 3.30. The summed E-state index contributed by atoms with van der Waals surface area (Å²) in [6.07, 6.45) is 1.00. The Hall–Kier alpha value is -3.07. The van der Waals surface area contributed by atoms with Gasteiger partial charge in [0.15, 0.2) is 11.5 Å². The van der Waals surface area contributed by atoms with Crippen LogP contribution in [0.3, 0.4) is 0 Å². The molecule has 2 heterocycles. The molecule has 0 aliphatic carbocycles. The van der Waals surface area contributed by atoms with E-state index in [1.54, 1.807) is 35.0 Å². The molecule has 3 aromatic rings. The van der Waals surface area contributed by atoms with Crippen LogP contribution >= 0.6 is 15.9 Å². The van der Waals surface area contributed by atoms with E-state index in [1.165, 1.54) is 0 Å². The number of aryl methyl sites for hydroxylation is 1. The van der Waals surface area contributed by atoms with E-state index >= 15 is 0 Å². The van der Waals surface area contributed by atoms with E-state index in [0.717, 1.165) is 11.3 Å². The van der Waals surface area contributed by atoms with Gasteiger partial charge in [0.05, 0.1) is 10.5 Å². The molecule has 2 aromatic heterocycles. The molecule has 2 amide bonds. The average molecular weight is 503 g/mol. The van der Waals surface area contributed by atoms with Crippen LogP contribution in [0.15, 0.2) is 57.6 Å². The maximum Gasteiger partial charge on any atom is 0.404 e. The van der Waals surface area contributed by atoms with Crippen molar-refractivity contribution in [3.05, 3.63) is 64.5 Å². The minimum Gasteiger partial charge on any atom is -0.465 e. The summed E-state index contributed by atoms with van der Waals surface area (Å²) in [5, 5.41) is 15.8. The monoisotopic (exact) mass is 502 g/mol. The Morgan fingerprint density at radius 2 is 1.94 bits per heavy atom. The first-order chi connectivity index (χ1) is 15.1. The highest BCUT2D eigenvalue weighted by Crippen LogP contribution is 2.33. The van der Waals surface area contributed by atoms with Crippen molar-refractivity contribution in [2.45, 2.75) is 38.8 Å². The lowest BCUT2D eigenvalue weighted by Gasteiger charge is -2.41. The fourth-order valence-electron chi connectivity index (χ4n) is 3.73. The number of carboxylic acid groups (broad SMARTS) is 1. The minimum atomic E-state index is -1.14. The van der Waals surface area contributed by atoms with E-state index in [9.17, 15) is 14.7 Å². The first kappa shape index (κ1) is 23.6. The number of furan rings is 1. The molecule has 1 atom stereocenters. The molecule has 32 heavy (non-hydrogen) atoms. The molecule has 0 radical (unpaired) electrons. The van der Waals surface area contributed by atoms with Gasteiger partial charge in [-0.15, -0.1) is 0 Å². The van der Waals surface area contributed by atoms with Crippen molar-refractivity contribution in [2.24, 2.45) is 7.05 Å². The molecule has 1 aromatic carbocycles. The van der Waals surface area contributed by atoms with Crippen LogP contribution in [-0.2, 0) is 13.5 Å². The number of benzene rings is 1. The number of carbonyl (C=O) groups excluding carboxylic acids is 1. The summed E-state index contributed by atoms with van der Waals surface area (Å²) in [5.74, 6) is 0.349. The SMILES string of the molecule is Cn1nccc1-c1oc(C(=O)N(C(CNC(=O)O)Cc2ccccc2)C(C)(C)C)cc1Br. The second-order valence-corrected chi connectivity index (χ2v) is 9.36. The van der Waals surface area contributed by atoms with Crippen LogP contribution in [0.2, 0.25) is 0 Å². The van der Waals surface area contributed by atoms with Crippen molar-refractivity contribution in [2.75, 3.05) is 6.54 Å². The van der Waals surface area contributed by atoms with Gasteiger partial charge < -0.3 is 19.7 Å². The number of carbonyl (C=O) groups is 2. The fourth-order valence-corrected chi connectivity index (χ4v) is 4.22. The van der Waals surface area contributed by atoms with Crippen molar-refractivity contribution >= 4 is 27.9 Å². The van der Waals surface area contributed by atoms with E-state index in [-0.39, 0.29) is 18.2 Å². The number of aromatic nitrogens is 2. The summed E-state index contributed by atoms with van der Waals surface area (Å²) < 4.78 is 8.27. The van der Waals surface area contributed by atoms with Gasteiger partial charge in [0.25, 0.3) is 5.91 Å². The standard InChI is InChI=1S/C23H27BrN4O4/c1-23(2,3)28(16(14-25-22(30)31)12-15-8-6-5-7-9-15)21(29)19-13-17(24)20(32-19)18-10-11-26-27(18)4/h5-11,13,16,25H,12,14H2,1-4H3,(H,30,31). The first-order valence-electron chi connectivity index (χ1n) is 10.2. The number of amides is 2. The van der Waals surface area contributed by atoms with Crippen LogP contribution in [-0.4, -0.2) is 49.9 Å². The van der Waals surface area contributed by atoms with Gasteiger partial charge in [-0.2, -0.15) is 5.10 Å². The maximum absolute atomic E-state index is 13.7. The summed E-state index contributed by atoms with van der Waals surface area (Å²) >= 11 is 3.49. The highest BCUT2D eigenvalue weighted by Gasteiger charge is 2.36. The molecule has 0 saturated carbocycles. The summed E-state index contributed by atoms with van der Waals surface area (Å²) in [5.41, 5.74) is 1.14. The largest absolute Gasteiger partial charge is 0.465 e. The lowest BCUT2D eigenvalue weighted by atomic mass is 9.97. The van der Waals surface area contributed by atoms with Crippen LogP contribution < -0.4 is 5.32 Å². The third-order valence-electron chi connectivity index (χ3n) is 5.06. The lowest BCUT2D eigenvalue weighted by Crippen LogP contribution is -2.56. The Labute approximate surface area is 195 Å². The van der Waals surface area contributed by atoms with Crippen LogP contribution in [0.1, 0.15) is 36.9 Å². The molecule has 0 aliphatic rings. The van der Waals surface area contributed by atoms with Crippen molar-refractivity contribution in [1.82, 2.24) is 20.0 Å². The Bertz CT molecular complexity index is 1090. The van der Waals surface area contributed by atoms with Gasteiger partial charge >= 0.3 is 6.09 Å². The Kier molecular flexibility index (Phi) is 7.08. The van der Waals surface area contributed by atoms with Crippen molar-refractivity contribution in [3.8, 4) is 11.5 Å². The molecule has 0 spiro atoms. The van der Waals surface area contributed by atoms with Crippen LogP contribution in [0.4, 0.5) is 4.79 Å². The molecule has 9 heteroatoms. The fraction of sp³-hybridized carbons (Fsp3) is 0.348. The molecule has 0 saturated heterocycles. The number of hydrogen-bond donors (Lipinski definition) is 2. The second kappa shape index (κ2) is 9.60. The number of rotatable bonds is 7. The van der Waals surface area contributed by atoms with Crippen LogP contribution in [0.25, 0.3) is 11.5 Å². The smallest absolute Gasteiger partial charge is 0.404 e. The predicted octanol–water partition coefficient (Wildman–Crippen LogP) is 4.56. The van der Waals surface area contributed by atoms with Gasteiger partial charge in [-0.05, 0) is 54.8 Å². The highest BCUT2D eigenvalue weighted by molar-refractivity contribution is 9.10. The molecule has 0 aliphatic heterocycles. The summed E-state index contributed by atoms with van der Waals surface area (Å²) in [4.78, 5) is 26.6. The van der Waals surface area contributed by atoms with Gasteiger partial charge in [-0.25, -0.2) is 4.79 Å². The number of hydrogen-bond acceptors (Lipinski definition) is 4. The maximum atomic E-state index is 13.7. The van der Waals surface area contributed by atoms with E-state index in [1.807, 2.05) is 51.1 Å². The molecular formula is C23H27BrN4O4. The lowest BCUT2D eigenvalue weighted by molar-refractivity contribution is 0.0402. The van der Waals surface area contributed by atoms with Crippen LogP contribution in [0, 0.1) is 0 Å². The van der Waals surface area contributed by atoms with E-state index < -0.39 is 17.7 Å². The van der Waals surface area contributed by atoms with Crippen LogP contribution in [0.5, 0.6) is 0 Å². The zero-order valence-corrected chi connectivity index (χ0v) is 20.1. The van der Waals surface area contributed by atoms with Gasteiger partial charge in [0.1, 0.15) is 5.69 Å². The molecule has 8 nitrogen and oxygen atoms in total. The quantitative estimate of drug-likeness (QED) is 0.492. The summed E-state index contributed by atoms with van der Waals surface area (Å²) in [7, 11) is 1.79. The normalized spacial score (nSPS) is 12.4.